The standard InChI is InChI=1S/C10H15NO2S/c1-3-4-5-13-10(12)9-6-8(11)7(2)14-9/h6H,3-5,11H2,1-2H3. The molecule has 78 valence electrons. The molecule has 4 heteroatoms. The lowest BCUT2D eigenvalue weighted by molar-refractivity contribution is 0.0505. The number of aryl methyl sites for hydroxylation is 1. The molecule has 1 rings (SSSR count). The topological polar surface area (TPSA) is 52.3 Å². The minimum atomic E-state index is -0.261. The van der Waals surface area contributed by atoms with Gasteiger partial charge in [-0.1, -0.05) is 13.3 Å². The zero-order valence-electron chi connectivity index (χ0n) is 8.50. The molecule has 0 saturated heterocycles. The van der Waals surface area contributed by atoms with E-state index < -0.39 is 0 Å². The molecule has 0 spiro atoms. The lowest BCUT2D eigenvalue weighted by Gasteiger charge is -2.00. The molecule has 0 aliphatic heterocycles. The average Bonchev–Trinajstić information content (AvgIpc) is 2.47. The van der Waals surface area contributed by atoms with Gasteiger partial charge in [-0.3, -0.25) is 0 Å². The summed E-state index contributed by atoms with van der Waals surface area (Å²) in [5.74, 6) is -0.261. The number of hydrogen-bond donors (Lipinski definition) is 1. The second kappa shape index (κ2) is 5.00. The third-order valence-electron chi connectivity index (χ3n) is 1.89. The Balaban J connectivity index is 2.52. The summed E-state index contributed by atoms with van der Waals surface area (Å²) in [6, 6.07) is 1.67. The minimum absolute atomic E-state index is 0.261. The fourth-order valence-corrected chi connectivity index (χ4v) is 1.81. The molecule has 14 heavy (non-hydrogen) atoms. The monoisotopic (exact) mass is 213 g/mol. The lowest BCUT2D eigenvalue weighted by Crippen LogP contribution is -2.04. The molecule has 0 atom stereocenters. The van der Waals surface area contributed by atoms with Crippen molar-refractivity contribution in [1.82, 2.24) is 0 Å². The second-order valence-corrected chi connectivity index (χ2v) is 4.37. The summed E-state index contributed by atoms with van der Waals surface area (Å²) < 4.78 is 5.05. The van der Waals surface area contributed by atoms with Crippen LogP contribution in [-0.4, -0.2) is 12.6 Å². The van der Waals surface area contributed by atoms with E-state index in [1.54, 1.807) is 6.07 Å². The van der Waals surface area contributed by atoms with Gasteiger partial charge in [-0.2, -0.15) is 0 Å². The van der Waals surface area contributed by atoms with Crippen LogP contribution in [0.3, 0.4) is 0 Å². The highest BCUT2D eigenvalue weighted by Gasteiger charge is 2.11. The van der Waals surface area contributed by atoms with Crippen molar-refractivity contribution in [2.24, 2.45) is 0 Å². The second-order valence-electron chi connectivity index (χ2n) is 3.11. The highest BCUT2D eigenvalue weighted by Crippen LogP contribution is 2.23. The van der Waals surface area contributed by atoms with E-state index in [0.717, 1.165) is 17.7 Å². The summed E-state index contributed by atoms with van der Waals surface area (Å²) in [6.07, 6.45) is 1.93. The number of ether oxygens (including phenoxy) is 1. The minimum Gasteiger partial charge on any atom is -0.462 e. The molecule has 0 bridgehead atoms. The Morgan fingerprint density at radius 2 is 2.36 bits per heavy atom. The Kier molecular flexibility index (Phi) is 3.95. The van der Waals surface area contributed by atoms with Crippen molar-refractivity contribution in [2.45, 2.75) is 26.7 Å². The van der Waals surface area contributed by atoms with E-state index in [9.17, 15) is 4.79 Å². The number of thiophene rings is 1. The largest absolute Gasteiger partial charge is 0.462 e. The maximum absolute atomic E-state index is 11.4. The smallest absolute Gasteiger partial charge is 0.348 e. The number of nitrogens with two attached hydrogens (primary N) is 1. The van der Waals surface area contributed by atoms with E-state index in [-0.39, 0.29) is 5.97 Å². The summed E-state index contributed by atoms with van der Waals surface area (Å²) in [6.45, 7) is 4.44. The fraction of sp³-hybridized carbons (Fsp3) is 0.500. The number of carbonyl (C=O) groups is 1. The van der Waals surface area contributed by atoms with Crippen LogP contribution in [0.4, 0.5) is 5.69 Å². The molecule has 0 saturated carbocycles. The SMILES string of the molecule is CCCCOC(=O)c1cc(N)c(C)s1. The number of carbonyl (C=O) groups excluding carboxylic acids is 1. The van der Waals surface area contributed by atoms with Crippen LogP contribution in [0.1, 0.15) is 34.3 Å². The van der Waals surface area contributed by atoms with Gasteiger partial charge in [0, 0.05) is 10.6 Å². The van der Waals surface area contributed by atoms with Crippen LogP contribution in [0.2, 0.25) is 0 Å². The molecule has 0 amide bonds. The van der Waals surface area contributed by atoms with Crippen molar-refractivity contribution in [1.29, 1.82) is 0 Å². The molecular formula is C10H15NO2S. The van der Waals surface area contributed by atoms with Gasteiger partial charge in [0.05, 0.1) is 6.61 Å². The third-order valence-corrected chi connectivity index (χ3v) is 2.93. The summed E-state index contributed by atoms with van der Waals surface area (Å²) >= 11 is 1.38. The molecule has 0 aromatic carbocycles. The van der Waals surface area contributed by atoms with Crippen LogP contribution in [0.15, 0.2) is 6.07 Å². The summed E-state index contributed by atoms with van der Waals surface area (Å²) in [7, 11) is 0. The molecule has 1 aromatic heterocycles. The van der Waals surface area contributed by atoms with Crippen molar-refractivity contribution in [3.05, 3.63) is 15.8 Å². The van der Waals surface area contributed by atoms with E-state index in [0.29, 0.717) is 17.2 Å². The highest BCUT2D eigenvalue weighted by atomic mass is 32.1. The summed E-state index contributed by atoms with van der Waals surface area (Å²) in [4.78, 5) is 13.0. The molecule has 0 aliphatic carbocycles. The van der Waals surface area contributed by atoms with E-state index >= 15 is 0 Å². The Morgan fingerprint density at radius 3 is 2.86 bits per heavy atom. The van der Waals surface area contributed by atoms with Gasteiger partial charge < -0.3 is 10.5 Å². The van der Waals surface area contributed by atoms with Gasteiger partial charge in [-0.15, -0.1) is 11.3 Å². The van der Waals surface area contributed by atoms with Crippen molar-refractivity contribution in [3.63, 3.8) is 0 Å². The normalized spacial score (nSPS) is 10.1. The lowest BCUT2D eigenvalue weighted by atomic mass is 10.3. The van der Waals surface area contributed by atoms with Gasteiger partial charge in [-0.05, 0) is 19.4 Å². The highest BCUT2D eigenvalue weighted by molar-refractivity contribution is 7.14. The van der Waals surface area contributed by atoms with Crippen molar-refractivity contribution < 1.29 is 9.53 Å². The van der Waals surface area contributed by atoms with Crippen LogP contribution in [0.5, 0.6) is 0 Å². The van der Waals surface area contributed by atoms with Gasteiger partial charge in [0.2, 0.25) is 0 Å². The number of anilines is 1. The van der Waals surface area contributed by atoms with Crippen LogP contribution < -0.4 is 5.73 Å². The molecule has 0 radical (unpaired) electrons. The Hall–Kier alpha value is -1.03. The van der Waals surface area contributed by atoms with Crippen molar-refractivity contribution in [2.75, 3.05) is 12.3 Å². The predicted molar refractivity (Wildman–Crippen MR) is 58.7 cm³/mol. The first kappa shape index (κ1) is 11.0. The molecule has 2 N–H and O–H groups in total. The molecular weight excluding hydrogens is 198 g/mol. The molecule has 0 fully saturated rings. The van der Waals surface area contributed by atoms with E-state index in [1.165, 1.54) is 11.3 Å². The first-order valence-corrected chi connectivity index (χ1v) is 5.49. The van der Waals surface area contributed by atoms with Crippen LogP contribution in [0, 0.1) is 6.92 Å². The average molecular weight is 213 g/mol. The Bertz CT molecular complexity index is 300. The number of esters is 1. The molecule has 0 aliphatic rings. The fourth-order valence-electron chi connectivity index (χ4n) is 0.977. The molecule has 0 unspecified atom stereocenters. The van der Waals surface area contributed by atoms with Gasteiger partial charge in [0.1, 0.15) is 4.88 Å². The number of hydrogen-bond acceptors (Lipinski definition) is 4. The predicted octanol–water partition coefficient (Wildman–Crippen LogP) is 2.60. The number of rotatable bonds is 4. The maximum Gasteiger partial charge on any atom is 0.348 e. The summed E-state index contributed by atoms with van der Waals surface area (Å²) in [5.41, 5.74) is 6.30. The molecule has 1 aromatic rings. The van der Waals surface area contributed by atoms with Gasteiger partial charge in [-0.25, -0.2) is 4.79 Å². The van der Waals surface area contributed by atoms with Crippen LogP contribution in [-0.2, 0) is 4.74 Å². The Labute approximate surface area is 87.9 Å². The van der Waals surface area contributed by atoms with Gasteiger partial charge >= 0.3 is 5.97 Å². The van der Waals surface area contributed by atoms with Gasteiger partial charge in [0.15, 0.2) is 0 Å². The summed E-state index contributed by atoms with van der Waals surface area (Å²) in [5, 5.41) is 0. The Morgan fingerprint density at radius 1 is 1.64 bits per heavy atom. The first-order valence-electron chi connectivity index (χ1n) is 4.68. The van der Waals surface area contributed by atoms with Crippen LogP contribution >= 0.6 is 11.3 Å². The first-order chi connectivity index (χ1) is 6.65. The zero-order valence-corrected chi connectivity index (χ0v) is 9.32. The van der Waals surface area contributed by atoms with Crippen molar-refractivity contribution >= 4 is 23.0 Å². The molecule has 3 nitrogen and oxygen atoms in total. The van der Waals surface area contributed by atoms with E-state index in [4.69, 9.17) is 10.5 Å². The van der Waals surface area contributed by atoms with Gasteiger partial charge in [0.25, 0.3) is 0 Å². The number of nitrogen functional groups attached to an aromatic ring is 1. The molecule has 1 heterocycles. The zero-order chi connectivity index (χ0) is 10.6. The maximum atomic E-state index is 11.4. The van der Waals surface area contributed by atoms with Crippen LogP contribution in [0.25, 0.3) is 0 Å². The van der Waals surface area contributed by atoms with E-state index in [1.807, 2.05) is 6.92 Å². The third kappa shape index (κ3) is 2.73. The number of unbranched alkanes of at least 4 members (excludes halogenated alkanes) is 1. The van der Waals surface area contributed by atoms with E-state index in [2.05, 4.69) is 6.92 Å². The quantitative estimate of drug-likeness (QED) is 0.618. The van der Waals surface area contributed by atoms with Crippen molar-refractivity contribution in [3.8, 4) is 0 Å².